The summed E-state index contributed by atoms with van der Waals surface area (Å²) in [6, 6.07) is 21.7. The fourth-order valence-corrected chi connectivity index (χ4v) is 4.20. The highest BCUT2D eigenvalue weighted by atomic mass is 35.5. The maximum absolute atomic E-state index is 12.8. The molecule has 2 N–H and O–H groups in total. The molecule has 0 unspecified atom stereocenters. The summed E-state index contributed by atoms with van der Waals surface area (Å²) in [5, 5.41) is 6.16. The Morgan fingerprint density at radius 3 is 2.19 bits per heavy atom. The smallest absolute Gasteiger partial charge is 0.278 e. The third kappa shape index (κ3) is 5.61. The fraction of sp³-hybridized carbons (Fsp3) is 0.179. The number of benzene rings is 3. The van der Waals surface area contributed by atoms with Crippen LogP contribution in [-0.2, 0) is 22.7 Å². The van der Waals surface area contributed by atoms with E-state index in [4.69, 9.17) is 23.2 Å². The molecule has 0 fully saturated rings. The van der Waals surface area contributed by atoms with Gasteiger partial charge in [-0.25, -0.2) is 0 Å². The molecule has 3 amide bonds. The quantitative estimate of drug-likeness (QED) is 0.366. The first-order valence-corrected chi connectivity index (χ1v) is 12.2. The molecule has 1 aliphatic rings. The van der Waals surface area contributed by atoms with Crippen molar-refractivity contribution in [3.63, 3.8) is 0 Å². The van der Waals surface area contributed by atoms with Gasteiger partial charge in [0.15, 0.2) is 0 Å². The maximum atomic E-state index is 12.8. The lowest BCUT2D eigenvalue weighted by molar-refractivity contribution is -0.138. The van der Waals surface area contributed by atoms with Crippen LogP contribution in [0.2, 0.25) is 5.02 Å². The van der Waals surface area contributed by atoms with Gasteiger partial charge >= 0.3 is 0 Å². The van der Waals surface area contributed by atoms with Gasteiger partial charge in [-0.15, -0.1) is 0 Å². The van der Waals surface area contributed by atoms with E-state index in [1.807, 2.05) is 24.3 Å². The maximum Gasteiger partial charge on any atom is 0.278 e. The van der Waals surface area contributed by atoms with E-state index in [2.05, 4.69) is 24.5 Å². The molecule has 36 heavy (non-hydrogen) atoms. The van der Waals surface area contributed by atoms with Crippen molar-refractivity contribution in [2.45, 2.75) is 32.9 Å². The molecule has 0 saturated carbocycles. The highest BCUT2D eigenvalue weighted by Gasteiger charge is 2.37. The van der Waals surface area contributed by atoms with Crippen molar-refractivity contribution in [1.29, 1.82) is 0 Å². The largest absolute Gasteiger partial charge is 0.375 e. The van der Waals surface area contributed by atoms with Gasteiger partial charge in [0.25, 0.3) is 17.7 Å². The van der Waals surface area contributed by atoms with Crippen LogP contribution in [0.15, 0.2) is 83.5 Å². The highest BCUT2D eigenvalue weighted by molar-refractivity contribution is 6.47. The molecule has 3 aromatic rings. The van der Waals surface area contributed by atoms with Crippen molar-refractivity contribution < 1.29 is 14.4 Å². The van der Waals surface area contributed by atoms with E-state index < -0.39 is 11.8 Å². The lowest BCUT2D eigenvalue weighted by atomic mass is 10.0. The third-order valence-corrected chi connectivity index (χ3v) is 6.64. The second-order valence-corrected chi connectivity index (χ2v) is 9.54. The second-order valence-electron chi connectivity index (χ2n) is 8.76. The molecule has 0 spiro atoms. The number of imide groups is 1. The molecular formula is C28H25Cl2N3O3. The molecular weight excluding hydrogens is 497 g/mol. The molecule has 0 saturated heterocycles. The van der Waals surface area contributed by atoms with E-state index in [0.29, 0.717) is 22.1 Å². The summed E-state index contributed by atoms with van der Waals surface area (Å²) >= 11 is 12.4. The number of amides is 3. The van der Waals surface area contributed by atoms with Gasteiger partial charge in [-0.2, -0.15) is 0 Å². The number of halogens is 2. The molecule has 0 aromatic heterocycles. The Kier molecular flexibility index (Phi) is 7.77. The van der Waals surface area contributed by atoms with Gasteiger partial charge in [-0.1, -0.05) is 79.5 Å². The van der Waals surface area contributed by atoms with Crippen LogP contribution in [0.25, 0.3) is 0 Å². The summed E-state index contributed by atoms with van der Waals surface area (Å²) in [6.07, 6.45) is 0. The zero-order valence-corrected chi connectivity index (χ0v) is 21.4. The summed E-state index contributed by atoms with van der Waals surface area (Å²) in [6.45, 7) is 4.52. The number of hydrogen-bond acceptors (Lipinski definition) is 4. The van der Waals surface area contributed by atoms with Crippen molar-refractivity contribution in [1.82, 2.24) is 10.2 Å². The van der Waals surface area contributed by atoms with Gasteiger partial charge in [0.2, 0.25) is 0 Å². The summed E-state index contributed by atoms with van der Waals surface area (Å²) in [7, 11) is 0. The van der Waals surface area contributed by atoms with E-state index in [-0.39, 0.29) is 29.7 Å². The average molecular weight is 522 g/mol. The van der Waals surface area contributed by atoms with E-state index in [9.17, 15) is 14.4 Å². The number of rotatable bonds is 8. The van der Waals surface area contributed by atoms with E-state index in [0.717, 1.165) is 16.2 Å². The molecule has 0 radical (unpaired) electrons. The van der Waals surface area contributed by atoms with Crippen LogP contribution in [0.4, 0.5) is 5.69 Å². The second kappa shape index (κ2) is 11.0. The van der Waals surface area contributed by atoms with Crippen LogP contribution in [-0.4, -0.2) is 22.6 Å². The van der Waals surface area contributed by atoms with E-state index in [1.165, 1.54) is 5.56 Å². The van der Waals surface area contributed by atoms with Gasteiger partial charge in [0.05, 0.1) is 6.54 Å². The van der Waals surface area contributed by atoms with Gasteiger partial charge in [0.1, 0.15) is 10.7 Å². The summed E-state index contributed by atoms with van der Waals surface area (Å²) in [4.78, 5) is 39.1. The van der Waals surface area contributed by atoms with Crippen molar-refractivity contribution >= 4 is 46.6 Å². The lowest BCUT2D eigenvalue weighted by Crippen LogP contribution is -2.33. The Balaban J connectivity index is 1.36. The van der Waals surface area contributed by atoms with Crippen LogP contribution in [0.1, 0.15) is 46.8 Å². The number of carbonyl (C=O) groups excluding carboxylic acids is 3. The summed E-state index contributed by atoms with van der Waals surface area (Å²) < 4.78 is 0. The van der Waals surface area contributed by atoms with Crippen LogP contribution < -0.4 is 10.6 Å². The number of anilines is 1. The molecule has 4 rings (SSSR count). The minimum atomic E-state index is -0.572. The molecule has 3 aromatic carbocycles. The first-order valence-electron chi connectivity index (χ1n) is 11.5. The van der Waals surface area contributed by atoms with E-state index in [1.54, 1.807) is 48.5 Å². The van der Waals surface area contributed by atoms with Crippen LogP contribution in [0, 0.1) is 0 Å². The highest BCUT2D eigenvalue weighted by Crippen LogP contribution is 2.26. The molecule has 6 nitrogen and oxygen atoms in total. The van der Waals surface area contributed by atoms with E-state index >= 15 is 0 Å². The van der Waals surface area contributed by atoms with Crippen molar-refractivity contribution in [2.24, 2.45) is 0 Å². The molecule has 0 aliphatic carbocycles. The van der Waals surface area contributed by atoms with Crippen LogP contribution >= 0.6 is 23.2 Å². The predicted molar refractivity (Wildman–Crippen MR) is 142 cm³/mol. The standard InChI is InChI=1S/C28H25Cl2N3O3/c1-17(2)19-11-13-22(14-12-19)32-26(34)20-9-7-18(8-10-20)15-31-25-24(30)27(35)33(28(25)36)16-21-5-3-4-6-23(21)29/h3-14,17,31H,15-16H2,1-2H3,(H,32,34). The van der Waals surface area contributed by atoms with Gasteiger partial charge < -0.3 is 10.6 Å². The number of nitrogens with zero attached hydrogens (tertiary/aromatic N) is 1. The third-order valence-electron chi connectivity index (χ3n) is 5.92. The lowest BCUT2D eigenvalue weighted by Gasteiger charge is -2.16. The summed E-state index contributed by atoms with van der Waals surface area (Å²) in [5.74, 6) is -0.879. The Morgan fingerprint density at radius 2 is 1.56 bits per heavy atom. The van der Waals surface area contributed by atoms with Gasteiger partial charge in [0, 0.05) is 22.8 Å². The summed E-state index contributed by atoms with van der Waals surface area (Å²) in [5.41, 5.74) is 3.94. The van der Waals surface area contributed by atoms with Crippen molar-refractivity contribution in [3.8, 4) is 0 Å². The first kappa shape index (κ1) is 25.5. The first-order chi connectivity index (χ1) is 17.2. The topological polar surface area (TPSA) is 78.5 Å². The Hall–Kier alpha value is -3.61. The van der Waals surface area contributed by atoms with Crippen LogP contribution in [0.5, 0.6) is 0 Å². The molecule has 1 aliphatic heterocycles. The van der Waals surface area contributed by atoms with Crippen molar-refractivity contribution in [3.05, 3.63) is 111 Å². The number of nitrogens with one attached hydrogen (secondary N) is 2. The molecule has 0 bridgehead atoms. The van der Waals surface area contributed by atoms with Crippen LogP contribution in [0.3, 0.4) is 0 Å². The van der Waals surface area contributed by atoms with Gasteiger partial charge in [-0.3, -0.25) is 19.3 Å². The Bertz CT molecular complexity index is 1330. The average Bonchev–Trinajstić information content (AvgIpc) is 3.07. The zero-order valence-electron chi connectivity index (χ0n) is 19.8. The van der Waals surface area contributed by atoms with Gasteiger partial charge in [-0.05, 0) is 52.9 Å². The minimum absolute atomic E-state index is 0.0305. The monoisotopic (exact) mass is 521 g/mol. The molecule has 184 valence electrons. The van der Waals surface area contributed by atoms with Crippen molar-refractivity contribution in [2.75, 3.05) is 5.32 Å². The molecule has 0 atom stereocenters. The Morgan fingerprint density at radius 1 is 0.889 bits per heavy atom. The number of hydrogen-bond donors (Lipinski definition) is 2. The molecule has 8 heteroatoms. The number of carbonyl (C=O) groups is 3. The predicted octanol–water partition coefficient (Wildman–Crippen LogP) is 5.82. The zero-order chi connectivity index (χ0) is 25.8. The Labute approximate surface area is 219 Å². The fourth-order valence-electron chi connectivity index (χ4n) is 3.76. The minimum Gasteiger partial charge on any atom is -0.375 e. The SMILES string of the molecule is CC(C)c1ccc(NC(=O)c2ccc(CNC3=C(Cl)C(=O)N(Cc4ccccc4Cl)C3=O)cc2)cc1. The molecule has 1 heterocycles. The normalized spacial score (nSPS) is 13.5.